The van der Waals surface area contributed by atoms with Gasteiger partial charge in [0, 0.05) is 6.42 Å². The van der Waals surface area contributed by atoms with Crippen molar-refractivity contribution in [1.29, 1.82) is 0 Å². The first-order valence-electron chi connectivity index (χ1n) is 21.4. The van der Waals surface area contributed by atoms with Crippen molar-refractivity contribution < 1.29 is 4.57 Å². The van der Waals surface area contributed by atoms with Gasteiger partial charge in [0.1, 0.15) is 12.4 Å². The van der Waals surface area contributed by atoms with E-state index in [9.17, 15) is 0 Å². The molecule has 0 aliphatic carbocycles. The highest BCUT2D eigenvalue weighted by Gasteiger charge is 2.16. The first-order valence-corrected chi connectivity index (χ1v) is 21.4. The van der Waals surface area contributed by atoms with E-state index in [0.717, 1.165) is 0 Å². The minimum absolute atomic E-state index is 1.23. The summed E-state index contributed by atoms with van der Waals surface area (Å²) in [6, 6.07) is 0. The zero-order valence-corrected chi connectivity index (χ0v) is 31.7. The molecule has 0 spiro atoms. The molecule has 2 nitrogen and oxygen atoms in total. The van der Waals surface area contributed by atoms with E-state index in [0.29, 0.717) is 0 Å². The Morgan fingerprint density at radius 1 is 0.378 bits per heavy atom. The van der Waals surface area contributed by atoms with Gasteiger partial charge in [-0.1, -0.05) is 207 Å². The van der Waals surface area contributed by atoms with Gasteiger partial charge in [0.15, 0.2) is 0 Å². The van der Waals surface area contributed by atoms with E-state index in [1.165, 1.54) is 238 Å². The second kappa shape index (κ2) is 34.5. The Morgan fingerprint density at radius 3 is 1.07 bits per heavy atom. The molecule has 0 radical (unpaired) electrons. The second-order valence-corrected chi connectivity index (χ2v) is 14.8. The van der Waals surface area contributed by atoms with Crippen LogP contribution >= 0.6 is 0 Å². The summed E-state index contributed by atoms with van der Waals surface area (Å²) in [6.45, 7) is 9.41. The Kier molecular flexibility index (Phi) is 32.4. The maximum atomic E-state index is 2.64. The van der Waals surface area contributed by atoms with Crippen LogP contribution in [0.1, 0.15) is 245 Å². The molecule has 0 N–H and O–H groups in total. The molecule has 1 aromatic rings. The standard InChI is InChI=1S/C43H85N2/c1-4-7-10-13-16-19-22-23-24-25-26-29-32-35-38-43-44(39-36-33-30-27-20-17-14-11-8-5-2)41-42-45(43)40-37-34-31-28-21-18-15-12-9-6-3/h41-42H,4-40H2,1-3H3/q+1. The van der Waals surface area contributed by atoms with Crippen molar-refractivity contribution in [1.82, 2.24) is 4.57 Å². The molecule has 45 heavy (non-hydrogen) atoms. The summed E-state index contributed by atoms with van der Waals surface area (Å²) < 4.78 is 5.28. The summed E-state index contributed by atoms with van der Waals surface area (Å²) in [5.41, 5.74) is 0. The van der Waals surface area contributed by atoms with E-state index in [1.807, 2.05) is 0 Å². The molecule has 0 saturated heterocycles. The topological polar surface area (TPSA) is 8.81 Å². The molecule has 0 aromatic carbocycles. The van der Waals surface area contributed by atoms with Crippen LogP contribution in [0.4, 0.5) is 0 Å². The van der Waals surface area contributed by atoms with Gasteiger partial charge in [-0.15, -0.1) is 0 Å². The van der Waals surface area contributed by atoms with Gasteiger partial charge in [-0.3, -0.25) is 0 Å². The molecule has 1 aromatic heterocycles. The van der Waals surface area contributed by atoms with Gasteiger partial charge in [0.2, 0.25) is 0 Å². The number of imidazole rings is 1. The first-order chi connectivity index (χ1) is 22.3. The molecule has 0 atom stereocenters. The molecule has 0 saturated carbocycles. The molecule has 0 aliphatic heterocycles. The maximum Gasteiger partial charge on any atom is 0.256 e. The molecular formula is C43H85N2+. The van der Waals surface area contributed by atoms with Crippen molar-refractivity contribution in [3.8, 4) is 0 Å². The first kappa shape index (κ1) is 42.2. The van der Waals surface area contributed by atoms with Crippen LogP contribution in [0.3, 0.4) is 0 Å². The fraction of sp³-hybridized carbons (Fsp3) is 0.930. The lowest BCUT2D eigenvalue weighted by molar-refractivity contribution is -0.704. The van der Waals surface area contributed by atoms with Gasteiger partial charge >= 0.3 is 0 Å². The third kappa shape index (κ3) is 26.9. The van der Waals surface area contributed by atoms with Crippen LogP contribution in [-0.2, 0) is 19.5 Å². The van der Waals surface area contributed by atoms with Gasteiger partial charge < -0.3 is 0 Å². The molecule has 0 unspecified atom stereocenters. The quantitative estimate of drug-likeness (QED) is 0.0511. The van der Waals surface area contributed by atoms with Crippen LogP contribution in [0, 0.1) is 0 Å². The Balaban J connectivity index is 2.28. The largest absolute Gasteiger partial charge is 0.256 e. The molecular weight excluding hydrogens is 544 g/mol. The second-order valence-electron chi connectivity index (χ2n) is 14.8. The molecule has 266 valence electrons. The van der Waals surface area contributed by atoms with Crippen LogP contribution in [-0.4, -0.2) is 4.57 Å². The molecule has 0 bridgehead atoms. The third-order valence-corrected chi connectivity index (χ3v) is 10.3. The number of hydrogen-bond acceptors (Lipinski definition) is 0. The highest BCUT2D eigenvalue weighted by molar-refractivity contribution is 4.84. The summed E-state index contributed by atoms with van der Waals surface area (Å²) in [7, 11) is 0. The maximum absolute atomic E-state index is 2.64. The lowest BCUT2D eigenvalue weighted by Crippen LogP contribution is -2.37. The molecule has 1 rings (SSSR count). The zero-order chi connectivity index (χ0) is 32.3. The number of rotatable bonds is 37. The van der Waals surface area contributed by atoms with E-state index in [-0.39, 0.29) is 0 Å². The predicted octanol–water partition coefficient (Wildman–Crippen LogP) is 14.6. The summed E-state index contributed by atoms with van der Waals surface area (Å²) >= 11 is 0. The SMILES string of the molecule is CCCCCCCCCCCCCCCCc1n(CCCCCCCCCCCC)cc[n+]1CCCCCCCCCCCC. The van der Waals surface area contributed by atoms with Crippen molar-refractivity contribution >= 4 is 0 Å². The lowest BCUT2D eigenvalue weighted by Gasteiger charge is -2.07. The van der Waals surface area contributed by atoms with Crippen LogP contribution in [0.5, 0.6) is 0 Å². The van der Waals surface area contributed by atoms with Crippen molar-refractivity contribution in [2.45, 2.75) is 259 Å². The van der Waals surface area contributed by atoms with Crippen LogP contribution in [0.25, 0.3) is 0 Å². The van der Waals surface area contributed by atoms with Crippen LogP contribution < -0.4 is 4.57 Å². The smallest absolute Gasteiger partial charge is 0.234 e. The van der Waals surface area contributed by atoms with Crippen molar-refractivity contribution in [3.63, 3.8) is 0 Å². The highest BCUT2D eigenvalue weighted by Crippen LogP contribution is 2.16. The average molecular weight is 630 g/mol. The molecule has 2 heteroatoms. The van der Waals surface area contributed by atoms with E-state index >= 15 is 0 Å². The Morgan fingerprint density at radius 2 is 0.689 bits per heavy atom. The fourth-order valence-electron chi connectivity index (χ4n) is 7.21. The van der Waals surface area contributed by atoms with Gasteiger partial charge in [0.05, 0.1) is 13.1 Å². The zero-order valence-electron chi connectivity index (χ0n) is 31.7. The summed E-state index contributed by atoms with van der Waals surface area (Å²) in [6.07, 6.45) is 54.8. The van der Waals surface area contributed by atoms with E-state index in [4.69, 9.17) is 0 Å². The minimum Gasteiger partial charge on any atom is -0.234 e. The number of aromatic nitrogens is 2. The van der Waals surface area contributed by atoms with E-state index in [1.54, 1.807) is 5.82 Å². The van der Waals surface area contributed by atoms with Crippen LogP contribution in [0.15, 0.2) is 12.4 Å². The van der Waals surface area contributed by atoms with Crippen molar-refractivity contribution in [3.05, 3.63) is 18.2 Å². The third-order valence-electron chi connectivity index (χ3n) is 10.3. The minimum atomic E-state index is 1.23. The molecule has 0 fully saturated rings. The van der Waals surface area contributed by atoms with Gasteiger partial charge in [-0.2, -0.15) is 0 Å². The van der Waals surface area contributed by atoms with Crippen molar-refractivity contribution in [2.75, 3.05) is 0 Å². The monoisotopic (exact) mass is 630 g/mol. The number of unbranched alkanes of at least 4 members (excludes halogenated alkanes) is 31. The number of nitrogens with zero attached hydrogens (tertiary/aromatic N) is 2. The van der Waals surface area contributed by atoms with Gasteiger partial charge in [-0.05, 0) is 32.1 Å². The normalized spacial score (nSPS) is 11.6. The van der Waals surface area contributed by atoms with Crippen LogP contribution in [0.2, 0.25) is 0 Å². The average Bonchev–Trinajstić information content (AvgIpc) is 3.43. The van der Waals surface area contributed by atoms with E-state index < -0.39 is 0 Å². The Bertz CT molecular complexity index is 651. The lowest BCUT2D eigenvalue weighted by atomic mass is 10.0. The number of hydrogen-bond donors (Lipinski definition) is 0. The Labute approximate surface area is 285 Å². The van der Waals surface area contributed by atoms with E-state index in [2.05, 4.69) is 42.3 Å². The number of aryl methyl sites for hydroxylation is 2. The Hall–Kier alpha value is -0.790. The summed E-state index contributed by atoms with van der Waals surface area (Å²) in [4.78, 5) is 0. The highest BCUT2D eigenvalue weighted by atomic mass is 15.1. The molecule has 0 amide bonds. The van der Waals surface area contributed by atoms with Gasteiger partial charge in [0.25, 0.3) is 5.82 Å². The van der Waals surface area contributed by atoms with Gasteiger partial charge in [-0.25, -0.2) is 9.13 Å². The summed E-state index contributed by atoms with van der Waals surface area (Å²) in [5.74, 6) is 1.63. The molecule has 1 heterocycles. The predicted molar refractivity (Wildman–Crippen MR) is 202 cm³/mol. The summed E-state index contributed by atoms with van der Waals surface area (Å²) in [5, 5.41) is 0. The molecule has 0 aliphatic rings. The fourth-order valence-corrected chi connectivity index (χ4v) is 7.21. The van der Waals surface area contributed by atoms with Crippen molar-refractivity contribution in [2.24, 2.45) is 0 Å².